The molecule has 0 atom stereocenters. The van der Waals surface area contributed by atoms with E-state index in [4.69, 9.17) is 10.00 Å². The molecule has 0 aliphatic rings. The summed E-state index contributed by atoms with van der Waals surface area (Å²) in [5.41, 5.74) is 1.03. The maximum absolute atomic E-state index is 9.07. The summed E-state index contributed by atoms with van der Waals surface area (Å²) >= 11 is 3.26. The van der Waals surface area contributed by atoms with E-state index in [2.05, 4.69) is 37.3 Å². The molecule has 90 valence electrons. The van der Waals surface area contributed by atoms with Crippen molar-refractivity contribution >= 4 is 27.6 Å². The molecular weight excluding hydrogens is 296 g/mol. The van der Waals surface area contributed by atoms with Crippen LogP contribution in [0.4, 0.5) is 11.6 Å². The zero-order chi connectivity index (χ0) is 13.0. The summed E-state index contributed by atoms with van der Waals surface area (Å²) in [7, 11) is 1.55. The zero-order valence-corrected chi connectivity index (χ0v) is 11.1. The number of para-hydroxylation sites is 1. The maximum Gasteiger partial charge on any atom is 0.227 e. The second-order valence-corrected chi connectivity index (χ2v) is 4.26. The summed E-state index contributed by atoms with van der Waals surface area (Å²) in [5.74, 6) is 0.972. The Morgan fingerprint density at radius 1 is 1.33 bits per heavy atom. The number of rotatable bonds is 3. The van der Waals surface area contributed by atoms with Gasteiger partial charge in [-0.15, -0.1) is 0 Å². The summed E-state index contributed by atoms with van der Waals surface area (Å²) in [4.78, 5) is 8.18. The molecule has 2 aromatic rings. The van der Waals surface area contributed by atoms with E-state index >= 15 is 0 Å². The Morgan fingerprint density at radius 2 is 2.06 bits per heavy atom. The van der Waals surface area contributed by atoms with Crippen LogP contribution in [0.1, 0.15) is 5.56 Å². The van der Waals surface area contributed by atoms with Gasteiger partial charge < -0.3 is 10.1 Å². The van der Waals surface area contributed by atoms with Crippen LogP contribution in [0.25, 0.3) is 0 Å². The van der Waals surface area contributed by atoms with E-state index in [1.54, 1.807) is 37.7 Å². The number of aromatic nitrogens is 2. The van der Waals surface area contributed by atoms with Crippen LogP contribution in [-0.2, 0) is 0 Å². The fourth-order valence-corrected chi connectivity index (χ4v) is 1.62. The average molecular weight is 305 g/mol. The van der Waals surface area contributed by atoms with Crippen molar-refractivity contribution in [3.8, 4) is 11.8 Å². The Bertz CT molecular complexity index is 592. The molecule has 0 spiro atoms. The average Bonchev–Trinajstić information content (AvgIpc) is 2.41. The monoisotopic (exact) mass is 304 g/mol. The van der Waals surface area contributed by atoms with Crippen molar-refractivity contribution in [2.24, 2.45) is 0 Å². The predicted molar refractivity (Wildman–Crippen MR) is 70.7 cm³/mol. The predicted octanol–water partition coefficient (Wildman–Crippen LogP) is 2.86. The Morgan fingerprint density at radius 3 is 2.67 bits per heavy atom. The molecule has 5 nitrogen and oxygen atoms in total. The molecule has 1 aromatic carbocycles. The largest absolute Gasteiger partial charge is 0.495 e. The molecule has 0 fully saturated rings. The third-order valence-electron chi connectivity index (χ3n) is 2.22. The number of hydrogen-bond donors (Lipinski definition) is 1. The first-order chi connectivity index (χ1) is 8.74. The van der Waals surface area contributed by atoms with Gasteiger partial charge in [0, 0.05) is 12.4 Å². The first-order valence-corrected chi connectivity index (χ1v) is 5.85. The van der Waals surface area contributed by atoms with Crippen LogP contribution < -0.4 is 10.1 Å². The zero-order valence-electron chi connectivity index (χ0n) is 9.51. The fourth-order valence-electron chi connectivity index (χ4n) is 1.41. The number of nitrogens with one attached hydrogen (secondary N) is 1. The van der Waals surface area contributed by atoms with Crippen molar-refractivity contribution in [1.29, 1.82) is 5.26 Å². The highest BCUT2D eigenvalue weighted by Crippen LogP contribution is 2.29. The Labute approximate surface area is 113 Å². The molecule has 0 aliphatic carbocycles. The van der Waals surface area contributed by atoms with Crippen LogP contribution in [0.2, 0.25) is 0 Å². The summed E-state index contributed by atoms with van der Waals surface area (Å²) in [6.45, 7) is 0. The molecule has 18 heavy (non-hydrogen) atoms. The van der Waals surface area contributed by atoms with Crippen LogP contribution in [0.3, 0.4) is 0 Å². The minimum absolute atomic E-state index is 0.402. The normalized spacial score (nSPS) is 9.61. The number of nitriles is 1. The van der Waals surface area contributed by atoms with E-state index in [9.17, 15) is 0 Å². The summed E-state index contributed by atoms with van der Waals surface area (Å²) in [6, 6.07) is 7.31. The van der Waals surface area contributed by atoms with Crippen molar-refractivity contribution in [2.75, 3.05) is 12.4 Å². The lowest BCUT2D eigenvalue weighted by Crippen LogP contribution is -2.00. The van der Waals surface area contributed by atoms with E-state index < -0.39 is 0 Å². The third kappa shape index (κ3) is 2.57. The van der Waals surface area contributed by atoms with Crippen molar-refractivity contribution in [3.63, 3.8) is 0 Å². The van der Waals surface area contributed by atoms with Gasteiger partial charge in [0.25, 0.3) is 0 Å². The van der Waals surface area contributed by atoms with Crippen LogP contribution in [0, 0.1) is 11.3 Å². The molecule has 1 heterocycles. The van der Waals surface area contributed by atoms with Crippen molar-refractivity contribution < 1.29 is 4.74 Å². The van der Waals surface area contributed by atoms with Crippen LogP contribution in [0.15, 0.2) is 35.1 Å². The number of methoxy groups -OCH3 is 1. The van der Waals surface area contributed by atoms with Crippen molar-refractivity contribution in [1.82, 2.24) is 9.97 Å². The highest BCUT2D eigenvalue weighted by molar-refractivity contribution is 9.10. The second-order valence-electron chi connectivity index (χ2n) is 3.34. The topological polar surface area (TPSA) is 70.8 Å². The molecule has 0 radical (unpaired) electrons. The van der Waals surface area contributed by atoms with Gasteiger partial charge in [0.1, 0.15) is 17.5 Å². The molecule has 0 aliphatic heterocycles. The Balaban J connectivity index is 2.39. The third-order valence-corrected chi connectivity index (χ3v) is 2.63. The molecule has 1 aromatic heterocycles. The Kier molecular flexibility index (Phi) is 3.75. The van der Waals surface area contributed by atoms with Gasteiger partial charge in [-0.1, -0.05) is 6.07 Å². The first kappa shape index (κ1) is 12.3. The quantitative estimate of drug-likeness (QED) is 0.944. The number of hydrogen-bond acceptors (Lipinski definition) is 5. The van der Waals surface area contributed by atoms with Gasteiger partial charge in [0.2, 0.25) is 5.95 Å². The molecule has 0 amide bonds. The molecule has 0 saturated heterocycles. The SMILES string of the molecule is COc1cccc(C#N)c1Nc1ncc(Br)cn1. The van der Waals surface area contributed by atoms with Gasteiger partial charge in [-0.25, -0.2) is 9.97 Å². The van der Waals surface area contributed by atoms with Crippen molar-refractivity contribution in [2.45, 2.75) is 0 Å². The minimum atomic E-state index is 0.402. The van der Waals surface area contributed by atoms with Gasteiger partial charge in [-0.2, -0.15) is 5.26 Å². The van der Waals surface area contributed by atoms with Gasteiger partial charge in [-0.3, -0.25) is 0 Å². The summed E-state index contributed by atoms with van der Waals surface area (Å²) in [5, 5.41) is 12.0. The lowest BCUT2D eigenvalue weighted by Gasteiger charge is -2.11. The highest BCUT2D eigenvalue weighted by Gasteiger charge is 2.10. The van der Waals surface area contributed by atoms with Crippen molar-refractivity contribution in [3.05, 3.63) is 40.6 Å². The van der Waals surface area contributed by atoms with E-state index in [-0.39, 0.29) is 0 Å². The first-order valence-electron chi connectivity index (χ1n) is 5.06. The number of benzene rings is 1. The standard InChI is InChI=1S/C12H9BrN4O/c1-18-10-4-2-3-8(5-14)11(10)17-12-15-6-9(13)7-16-12/h2-4,6-7H,1H3,(H,15,16,17). The lowest BCUT2D eigenvalue weighted by molar-refractivity contribution is 0.416. The minimum Gasteiger partial charge on any atom is -0.495 e. The summed E-state index contributed by atoms with van der Waals surface area (Å²) in [6.07, 6.45) is 3.24. The molecule has 0 unspecified atom stereocenters. The second kappa shape index (κ2) is 5.47. The van der Waals surface area contributed by atoms with Crippen LogP contribution >= 0.6 is 15.9 Å². The molecule has 2 rings (SSSR count). The molecule has 0 bridgehead atoms. The number of ether oxygens (including phenoxy) is 1. The molecule has 0 saturated carbocycles. The maximum atomic E-state index is 9.07. The van der Waals surface area contributed by atoms with Gasteiger partial charge in [0.05, 0.1) is 17.1 Å². The number of halogens is 1. The van der Waals surface area contributed by atoms with E-state index in [1.807, 2.05) is 0 Å². The van der Waals surface area contributed by atoms with E-state index in [1.165, 1.54) is 0 Å². The van der Waals surface area contributed by atoms with Gasteiger partial charge in [0.15, 0.2) is 0 Å². The van der Waals surface area contributed by atoms with Crippen LogP contribution in [0.5, 0.6) is 5.75 Å². The van der Waals surface area contributed by atoms with E-state index in [0.717, 1.165) is 4.47 Å². The van der Waals surface area contributed by atoms with Gasteiger partial charge in [-0.05, 0) is 28.1 Å². The lowest BCUT2D eigenvalue weighted by atomic mass is 10.2. The number of anilines is 2. The van der Waals surface area contributed by atoms with Gasteiger partial charge >= 0.3 is 0 Å². The molecule has 6 heteroatoms. The highest BCUT2D eigenvalue weighted by atomic mass is 79.9. The summed E-state index contributed by atoms with van der Waals surface area (Å²) < 4.78 is 5.99. The smallest absolute Gasteiger partial charge is 0.227 e. The Hall–Kier alpha value is -2.13. The molecule has 1 N–H and O–H groups in total. The van der Waals surface area contributed by atoms with Crippen LogP contribution in [-0.4, -0.2) is 17.1 Å². The molecular formula is C12H9BrN4O. The fraction of sp³-hybridized carbons (Fsp3) is 0.0833. The number of nitrogens with zero attached hydrogens (tertiary/aromatic N) is 3. The van der Waals surface area contributed by atoms with E-state index in [0.29, 0.717) is 22.9 Å².